The molecule has 1 amide bonds. The summed E-state index contributed by atoms with van der Waals surface area (Å²) >= 11 is 0. The van der Waals surface area contributed by atoms with Gasteiger partial charge in [-0.05, 0) is 30.4 Å². The van der Waals surface area contributed by atoms with Crippen molar-refractivity contribution in [3.8, 4) is 0 Å². The summed E-state index contributed by atoms with van der Waals surface area (Å²) in [5.41, 5.74) is 2.03. The van der Waals surface area contributed by atoms with Crippen molar-refractivity contribution in [2.24, 2.45) is 0 Å². The average Bonchev–Trinajstić information content (AvgIpc) is 2.70. The van der Waals surface area contributed by atoms with E-state index >= 15 is 0 Å². The molecule has 1 saturated carbocycles. The quantitative estimate of drug-likeness (QED) is 0.920. The summed E-state index contributed by atoms with van der Waals surface area (Å²) in [6.07, 6.45) is 3.00. The molecule has 2 aliphatic rings. The smallest absolute Gasteiger partial charge is 0.232 e. The van der Waals surface area contributed by atoms with E-state index in [9.17, 15) is 4.79 Å². The number of benzene rings is 2. The zero-order valence-electron chi connectivity index (χ0n) is 14.8. The predicted octanol–water partition coefficient (Wildman–Crippen LogP) is 3.27. The van der Waals surface area contributed by atoms with Crippen LogP contribution in [0.3, 0.4) is 0 Å². The second-order valence-corrected chi connectivity index (χ2v) is 7.09. The Balaban J connectivity index is 1.50. The van der Waals surface area contributed by atoms with Crippen LogP contribution in [0.15, 0.2) is 60.7 Å². The Morgan fingerprint density at radius 3 is 2.04 bits per heavy atom. The molecule has 3 unspecified atom stereocenters. The van der Waals surface area contributed by atoms with Crippen LogP contribution >= 0.6 is 0 Å². The Bertz CT molecular complexity index is 679. The first-order valence-electron chi connectivity index (χ1n) is 9.45. The van der Waals surface area contributed by atoms with Crippen LogP contribution in [0.5, 0.6) is 0 Å². The van der Waals surface area contributed by atoms with Gasteiger partial charge >= 0.3 is 0 Å². The molecule has 0 aromatic heterocycles. The number of hydrogen-bond donors (Lipinski definition) is 1. The van der Waals surface area contributed by atoms with Crippen molar-refractivity contribution in [3.63, 3.8) is 0 Å². The molecular formula is C22H25NO3. The van der Waals surface area contributed by atoms with Gasteiger partial charge in [-0.2, -0.15) is 0 Å². The van der Waals surface area contributed by atoms with Crippen molar-refractivity contribution in [2.45, 2.75) is 43.4 Å². The summed E-state index contributed by atoms with van der Waals surface area (Å²) in [5.74, 6) is -0.235. The van der Waals surface area contributed by atoms with Gasteiger partial charge in [0.1, 0.15) is 0 Å². The van der Waals surface area contributed by atoms with Crippen molar-refractivity contribution in [1.82, 2.24) is 5.32 Å². The number of hydrogen-bond acceptors (Lipinski definition) is 3. The first kappa shape index (κ1) is 17.3. The minimum atomic E-state index is -0.293. The summed E-state index contributed by atoms with van der Waals surface area (Å²) in [6, 6.07) is 20.1. The molecule has 2 aromatic rings. The van der Waals surface area contributed by atoms with Gasteiger partial charge in [0.05, 0.1) is 31.3 Å². The number of nitrogens with one attached hydrogen (secondary N) is 1. The number of carbonyl (C=O) groups is 1. The summed E-state index contributed by atoms with van der Waals surface area (Å²) in [4.78, 5) is 13.2. The fraction of sp³-hybridized carbons (Fsp3) is 0.409. The molecular weight excluding hydrogens is 326 g/mol. The lowest BCUT2D eigenvalue weighted by atomic mass is 9.87. The van der Waals surface area contributed by atoms with Crippen LogP contribution in [0.4, 0.5) is 0 Å². The monoisotopic (exact) mass is 351 g/mol. The van der Waals surface area contributed by atoms with Crippen molar-refractivity contribution in [2.75, 3.05) is 13.2 Å². The molecule has 2 fully saturated rings. The van der Waals surface area contributed by atoms with Crippen molar-refractivity contribution < 1.29 is 14.3 Å². The van der Waals surface area contributed by atoms with Gasteiger partial charge in [-0.1, -0.05) is 60.7 Å². The average molecular weight is 351 g/mol. The summed E-state index contributed by atoms with van der Waals surface area (Å²) in [7, 11) is 0. The zero-order valence-corrected chi connectivity index (χ0v) is 14.8. The minimum Gasteiger partial charge on any atom is -0.373 e. The lowest BCUT2D eigenvalue weighted by molar-refractivity contribution is -0.158. The maximum absolute atomic E-state index is 13.2. The SMILES string of the molecule is O=C(NC1CCC2OCCOC2C1)C(c1ccccc1)c1ccccc1. The lowest BCUT2D eigenvalue weighted by Crippen LogP contribution is -2.50. The largest absolute Gasteiger partial charge is 0.373 e. The molecule has 136 valence electrons. The second-order valence-electron chi connectivity index (χ2n) is 7.09. The number of rotatable bonds is 4. The molecule has 1 N–H and O–H groups in total. The molecule has 0 radical (unpaired) electrons. The number of carbonyl (C=O) groups excluding carboxylic acids is 1. The van der Waals surface area contributed by atoms with E-state index in [0.29, 0.717) is 13.2 Å². The van der Waals surface area contributed by atoms with Crippen molar-refractivity contribution in [1.29, 1.82) is 0 Å². The second kappa shape index (κ2) is 8.02. The Labute approximate surface area is 154 Å². The number of ether oxygens (including phenoxy) is 2. The van der Waals surface area contributed by atoms with Crippen LogP contribution in [0, 0.1) is 0 Å². The third-order valence-corrected chi connectivity index (χ3v) is 5.35. The van der Waals surface area contributed by atoms with E-state index in [1.54, 1.807) is 0 Å². The zero-order chi connectivity index (χ0) is 17.8. The van der Waals surface area contributed by atoms with Gasteiger partial charge in [0.2, 0.25) is 5.91 Å². The Hall–Kier alpha value is -2.17. The number of amides is 1. The first-order valence-corrected chi connectivity index (χ1v) is 9.45. The van der Waals surface area contributed by atoms with E-state index < -0.39 is 0 Å². The van der Waals surface area contributed by atoms with E-state index in [2.05, 4.69) is 5.32 Å². The molecule has 1 saturated heterocycles. The summed E-state index contributed by atoms with van der Waals surface area (Å²) < 4.78 is 11.6. The van der Waals surface area contributed by atoms with Crippen LogP contribution in [0.2, 0.25) is 0 Å². The fourth-order valence-corrected chi connectivity index (χ4v) is 4.07. The molecule has 26 heavy (non-hydrogen) atoms. The van der Waals surface area contributed by atoms with Crippen molar-refractivity contribution >= 4 is 5.91 Å². The molecule has 4 rings (SSSR count). The minimum absolute atomic E-state index is 0.0579. The van der Waals surface area contributed by atoms with E-state index in [1.165, 1.54) is 0 Å². The Kier molecular flexibility index (Phi) is 5.32. The van der Waals surface area contributed by atoms with E-state index in [0.717, 1.165) is 30.4 Å². The van der Waals surface area contributed by atoms with E-state index in [-0.39, 0.29) is 30.1 Å². The molecule has 1 aliphatic carbocycles. The highest BCUT2D eigenvalue weighted by Crippen LogP contribution is 2.29. The van der Waals surface area contributed by atoms with Gasteiger partial charge in [0.15, 0.2) is 0 Å². The van der Waals surface area contributed by atoms with E-state index in [4.69, 9.17) is 9.47 Å². The van der Waals surface area contributed by atoms with Crippen LogP contribution in [-0.4, -0.2) is 37.4 Å². The first-order chi connectivity index (χ1) is 12.8. The molecule has 2 aromatic carbocycles. The summed E-state index contributed by atoms with van der Waals surface area (Å²) in [5, 5.41) is 3.27. The van der Waals surface area contributed by atoms with E-state index in [1.807, 2.05) is 60.7 Å². The molecule has 4 heteroatoms. The maximum atomic E-state index is 13.2. The molecule has 0 bridgehead atoms. The van der Waals surface area contributed by atoms with Gasteiger partial charge in [-0.25, -0.2) is 0 Å². The fourth-order valence-electron chi connectivity index (χ4n) is 4.07. The van der Waals surface area contributed by atoms with Crippen LogP contribution < -0.4 is 5.32 Å². The molecule has 1 aliphatic heterocycles. The topological polar surface area (TPSA) is 47.6 Å². The standard InChI is InChI=1S/C22H25NO3/c24-22(23-18-11-12-19-20(15-18)26-14-13-25-19)21(16-7-3-1-4-8-16)17-9-5-2-6-10-17/h1-10,18-21H,11-15H2,(H,23,24). The number of fused-ring (bicyclic) bond motifs is 1. The highest BCUT2D eigenvalue weighted by Gasteiger charge is 2.35. The normalized spacial score (nSPS) is 25.5. The molecule has 0 spiro atoms. The van der Waals surface area contributed by atoms with Crippen LogP contribution in [0.25, 0.3) is 0 Å². The molecule has 1 heterocycles. The van der Waals surface area contributed by atoms with Gasteiger partial charge < -0.3 is 14.8 Å². The van der Waals surface area contributed by atoms with Gasteiger partial charge in [-0.3, -0.25) is 4.79 Å². The summed E-state index contributed by atoms with van der Waals surface area (Å²) in [6.45, 7) is 1.33. The van der Waals surface area contributed by atoms with Crippen molar-refractivity contribution in [3.05, 3.63) is 71.8 Å². The lowest BCUT2D eigenvalue weighted by Gasteiger charge is -2.39. The third-order valence-electron chi connectivity index (χ3n) is 5.35. The van der Waals surface area contributed by atoms with Crippen LogP contribution in [0.1, 0.15) is 36.3 Å². The Morgan fingerprint density at radius 2 is 1.42 bits per heavy atom. The molecule has 4 nitrogen and oxygen atoms in total. The Morgan fingerprint density at radius 1 is 0.846 bits per heavy atom. The van der Waals surface area contributed by atoms with Crippen LogP contribution in [-0.2, 0) is 14.3 Å². The third kappa shape index (κ3) is 3.81. The highest BCUT2D eigenvalue weighted by atomic mass is 16.6. The molecule has 3 atom stereocenters. The predicted molar refractivity (Wildman–Crippen MR) is 100.0 cm³/mol. The van der Waals surface area contributed by atoms with Gasteiger partial charge in [0.25, 0.3) is 0 Å². The highest BCUT2D eigenvalue weighted by molar-refractivity contribution is 5.87. The van der Waals surface area contributed by atoms with Gasteiger partial charge in [-0.15, -0.1) is 0 Å². The maximum Gasteiger partial charge on any atom is 0.232 e. The van der Waals surface area contributed by atoms with Gasteiger partial charge in [0, 0.05) is 6.04 Å².